The first-order valence-electron chi connectivity index (χ1n) is 7.23. The van der Waals surface area contributed by atoms with Crippen molar-refractivity contribution in [3.8, 4) is 11.3 Å². The Hall–Kier alpha value is -2.70. The number of aromatic nitrogens is 4. The van der Waals surface area contributed by atoms with Crippen molar-refractivity contribution < 1.29 is 0 Å². The molecule has 0 unspecified atom stereocenters. The molecular formula is C17H12ClN5S. The van der Waals surface area contributed by atoms with E-state index in [1.54, 1.807) is 24.0 Å². The number of halogens is 1. The van der Waals surface area contributed by atoms with Crippen LogP contribution in [-0.2, 0) is 0 Å². The highest BCUT2D eigenvalue weighted by atomic mass is 35.5. The van der Waals surface area contributed by atoms with Gasteiger partial charge in [0, 0.05) is 16.0 Å². The molecule has 0 aliphatic heterocycles. The number of hydrogen-bond donors (Lipinski definition) is 0. The minimum absolute atomic E-state index is 0.707. The van der Waals surface area contributed by atoms with E-state index in [4.69, 9.17) is 16.6 Å². The van der Waals surface area contributed by atoms with Gasteiger partial charge in [0.1, 0.15) is 12.7 Å². The van der Waals surface area contributed by atoms with Gasteiger partial charge in [-0.3, -0.25) is 0 Å². The Bertz CT molecular complexity index is 1000. The van der Waals surface area contributed by atoms with Gasteiger partial charge < -0.3 is 0 Å². The van der Waals surface area contributed by atoms with Crippen molar-refractivity contribution in [2.45, 2.75) is 0 Å². The van der Waals surface area contributed by atoms with Crippen LogP contribution >= 0.6 is 22.9 Å². The molecule has 0 spiro atoms. The number of para-hydroxylation sites is 1. The van der Waals surface area contributed by atoms with Gasteiger partial charge in [0.15, 0.2) is 0 Å². The smallest absolute Gasteiger partial charge is 0.210 e. The quantitative estimate of drug-likeness (QED) is 0.558. The lowest BCUT2D eigenvalue weighted by Gasteiger charge is -2.08. The Kier molecular flexibility index (Phi) is 3.98. The Morgan fingerprint density at radius 3 is 2.33 bits per heavy atom. The largest absolute Gasteiger partial charge is 0.221 e. The lowest BCUT2D eigenvalue weighted by molar-refractivity contribution is 0.642. The van der Waals surface area contributed by atoms with Crippen LogP contribution in [-0.4, -0.2) is 19.5 Å². The van der Waals surface area contributed by atoms with Gasteiger partial charge in [0.05, 0.1) is 11.4 Å². The van der Waals surface area contributed by atoms with E-state index in [1.807, 2.05) is 63.9 Å². The fourth-order valence-electron chi connectivity index (χ4n) is 2.33. The summed E-state index contributed by atoms with van der Waals surface area (Å²) in [6, 6.07) is 17.6. The fraction of sp³-hybridized carbons (Fsp3) is 0. The molecule has 0 bridgehead atoms. The summed E-state index contributed by atoms with van der Waals surface area (Å²) < 4.78 is 3.78. The molecule has 0 radical (unpaired) electrons. The summed E-state index contributed by atoms with van der Waals surface area (Å²) in [4.78, 5) is 5.56. The van der Waals surface area contributed by atoms with E-state index < -0.39 is 0 Å². The van der Waals surface area contributed by atoms with Crippen molar-refractivity contribution in [1.29, 1.82) is 0 Å². The molecule has 0 saturated heterocycles. The second-order valence-corrected chi connectivity index (χ2v) is 6.28. The van der Waals surface area contributed by atoms with Crippen molar-refractivity contribution in [2.75, 3.05) is 0 Å². The van der Waals surface area contributed by atoms with Crippen molar-refractivity contribution in [2.24, 2.45) is 4.99 Å². The van der Waals surface area contributed by atoms with Crippen molar-refractivity contribution in [3.05, 3.63) is 82.5 Å². The van der Waals surface area contributed by atoms with Gasteiger partial charge in [-0.15, -0.1) is 21.5 Å². The zero-order valence-corrected chi connectivity index (χ0v) is 14.0. The average Bonchev–Trinajstić information content (AvgIpc) is 3.26. The first-order chi connectivity index (χ1) is 11.8. The molecule has 0 saturated carbocycles. The van der Waals surface area contributed by atoms with E-state index in [0.717, 1.165) is 21.7 Å². The lowest BCUT2D eigenvalue weighted by Crippen LogP contribution is -2.21. The zero-order valence-electron chi connectivity index (χ0n) is 12.5. The minimum atomic E-state index is 0.707. The molecule has 0 fully saturated rings. The van der Waals surface area contributed by atoms with Crippen LogP contribution in [0.25, 0.3) is 11.3 Å². The van der Waals surface area contributed by atoms with Crippen LogP contribution in [0.5, 0.6) is 0 Å². The molecule has 0 aliphatic rings. The molecule has 0 atom stereocenters. The van der Waals surface area contributed by atoms with Crippen LogP contribution in [0.1, 0.15) is 0 Å². The predicted octanol–water partition coefficient (Wildman–Crippen LogP) is 4.01. The van der Waals surface area contributed by atoms with E-state index in [1.165, 1.54) is 0 Å². The Morgan fingerprint density at radius 2 is 1.62 bits per heavy atom. The van der Waals surface area contributed by atoms with Crippen LogP contribution in [0.15, 0.2) is 77.6 Å². The minimum Gasteiger partial charge on any atom is -0.221 e. The van der Waals surface area contributed by atoms with Crippen molar-refractivity contribution in [1.82, 2.24) is 19.5 Å². The van der Waals surface area contributed by atoms with Gasteiger partial charge in [-0.05, 0) is 24.3 Å². The molecule has 4 aromatic rings. The predicted molar refractivity (Wildman–Crippen MR) is 95.2 cm³/mol. The van der Waals surface area contributed by atoms with Crippen LogP contribution in [0.2, 0.25) is 5.02 Å². The average molecular weight is 354 g/mol. The summed E-state index contributed by atoms with van der Waals surface area (Å²) in [5, 5.41) is 10.6. The monoisotopic (exact) mass is 353 g/mol. The van der Waals surface area contributed by atoms with Crippen LogP contribution < -0.4 is 4.80 Å². The van der Waals surface area contributed by atoms with Crippen molar-refractivity contribution >= 4 is 28.6 Å². The molecule has 0 amide bonds. The first-order valence-corrected chi connectivity index (χ1v) is 8.48. The maximum Gasteiger partial charge on any atom is 0.210 e. The molecule has 0 aliphatic carbocycles. The summed E-state index contributed by atoms with van der Waals surface area (Å²) in [5.74, 6) is 0. The van der Waals surface area contributed by atoms with E-state index in [9.17, 15) is 0 Å². The summed E-state index contributed by atoms with van der Waals surface area (Å²) in [7, 11) is 0. The summed E-state index contributed by atoms with van der Waals surface area (Å²) in [6.45, 7) is 0. The standard InChI is InChI=1S/C17H12ClN5S/c18-14-8-6-13(7-9-14)16-10-24-17(21-15-4-2-1-3-5-15)23(16)22-11-19-20-12-22/h1-12H. The van der Waals surface area contributed by atoms with E-state index in [2.05, 4.69) is 15.6 Å². The second kappa shape index (κ2) is 6.43. The molecule has 24 heavy (non-hydrogen) atoms. The van der Waals surface area contributed by atoms with E-state index in [-0.39, 0.29) is 0 Å². The Balaban J connectivity index is 1.93. The van der Waals surface area contributed by atoms with Gasteiger partial charge >= 0.3 is 0 Å². The highest BCUT2D eigenvalue weighted by molar-refractivity contribution is 7.07. The third-order valence-electron chi connectivity index (χ3n) is 3.44. The van der Waals surface area contributed by atoms with Gasteiger partial charge in [-0.1, -0.05) is 41.9 Å². The first kappa shape index (κ1) is 14.9. The topological polar surface area (TPSA) is 48.0 Å². The number of benzene rings is 2. The molecule has 5 nitrogen and oxygen atoms in total. The Labute approximate surface area is 147 Å². The molecule has 2 heterocycles. The van der Waals surface area contributed by atoms with E-state index >= 15 is 0 Å². The van der Waals surface area contributed by atoms with Gasteiger partial charge in [0.2, 0.25) is 4.80 Å². The van der Waals surface area contributed by atoms with Gasteiger partial charge in [0.25, 0.3) is 0 Å². The molecule has 4 rings (SSSR count). The number of thiazole rings is 1. The van der Waals surface area contributed by atoms with Crippen molar-refractivity contribution in [3.63, 3.8) is 0 Å². The van der Waals surface area contributed by atoms with Crippen LogP contribution in [0.3, 0.4) is 0 Å². The van der Waals surface area contributed by atoms with Crippen LogP contribution in [0, 0.1) is 0 Å². The normalized spacial score (nSPS) is 11.8. The second-order valence-electron chi connectivity index (χ2n) is 5.01. The maximum absolute atomic E-state index is 6.00. The molecule has 2 aromatic heterocycles. The summed E-state index contributed by atoms with van der Waals surface area (Å²) in [5.41, 5.74) is 2.92. The molecule has 0 N–H and O–H groups in total. The van der Waals surface area contributed by atoms with E-state index in [0.29, 0.717) is 5.02 Å². The molecular weight excluding hydrogens is 342 g/mol. The molecule has 7 heteroatoms. The number of hydrogen-bond acceptors (Lipinski definition) is 4. The third kappa shape index (κ3) is 2.89. The maximum atomic E-state index is 6.00. The Morgan fingerprint density at radius 1 is 0.917 bits per heavy atom. The highest BCUT2D eigenvalue weighted by Crippen LogP contribution is 2.22. The summed E-state index contributed by atoms with van der Waals surface area (Å²) in [6.07, 6.45) is 3.30. The number of rotatable bonds is 3. The van der Waals surface area contributed by atoms with Crippen LogP contribution in [0.4, 0.5) is 5.69 Å². The zero-order chi connectivity index (χ0) is 16.4. The highest BCUT2D eigenvalue weighted by Gasteiger charge is 2.10. The molecule has 2 aromatic carbocycles. The SMILES string of the molecule is Clc1ccc(-c2csc(=Nc3ccccc3)n2-n2cnnc2)cc1. The van der Waals surface area contributed by atoms with Gasteiger partial charge in [-0.25, -0.2) is 14.3 Å². The summed E-state index contributed by atoms with van der Waals surface area (Å²) >= 11 is 7.56. The van der Waals surface area contributed by atoms with Gasteiger partial charge in [-0.2, -0.15) is 0 Å². The third-order valence-corrected chi connectivity index (χ3v) is 4.51. The fourth-order valence-corrected chi connectivity index (χ4v) is 3.36. The number of nitrogens with zero attached hydrogens (tertiary/aromatic N) is 5. The molecule has 118 valence electrons. The lowest BCUT2D eigenvalue weighted by atomic mass is 10.2.